The summed E-state index contributed by atoms with van der Waals surface area (Å²) in [7, 11) is 1.30. The van der Waals surface area contributed by atoms with E-state index in [2.05, 4.69) is 0 Å². The molecule has 5 nitrogen and oxygen atoms in total. The van der Waals surface area contributed by atoms with E-state index in [0.717, 1.165) is 27.2 Å². The normalized spacial score (nSPS) is 13.7. The van der Waals surface area contributed by atoms with Gasteiger partial charge in [0.25, 0.3) is 11.8 Å². The fourth-order valence-electron chi connectivity index (χ4n) is 3.93. The predicted molar refractivity (Wildman–Crippen MR) is 122 cm³/mol. The molecule has 0 fully saturated rings. The van der Waals surface area contributed by atoms with Gasteiger partial charge in [0.05, 0.1) is 30.4 Å². The van der Waals surface area contributed by atoms with Crippen LogP contribution in [-0.2, 0) is 9.53 Å². The van der Waals surface area contributed by atoms with Gasteiger partial charge in [-0.2, -0.15) is 0 Å². The molecule has 1 aliphatic heterocycles. The Balaban J connectivity index is 1.90. The van der Waals surface area contributed by atoms with Gasteiger partial charge in [0.15, 0.2) is 0 Å². The second-order valence-corrected chi connectivity index (χ2v) is 7.75. The number of ether oxygens (including phenoxy) is 1. The van der Waals surface area contributed by atoms with Crippen molar-refractivity contribution in [2.75, 3.05) is 13.7 Å². The number of esters is 1. The first-order valence-corrected chi connectivity index (χ1v) is 10.3. The lowest BCUT2D eigenvalue weighted by molar-refractivity contribution is -0.136. The molecule has 2 amide bonds. The van der Waals surface area contributed by atoms with Gasteiger partial charge in [-0.3, -0.25) is 14.5 Å². The number of carbonyl (C=O) groups is 3. The highest BCUT2D eigenvalue weighted by atomic mass is 16.5. The summed E-state index contributed by atoms with van der Waals surface area (Å²) in [5.41, 5.74) is 5.38. The number of aryl methyl sites for hydroxylation is 2. The third kappa shape index (κ3) is 3.73. The monoisotopic (exact) mass is 425 g/mol. The van der Waals surface area contributed by atoms with Crippen molar-refractivity contribution in [3.05, 3.63) is 112 Å². The van der Waals surface area contributed by atoms with Crippen LogP contribution in [0, 0.1) is 13.8 Å². The average molecular weight is 425 g/mol. The number of imide groups is 1. The van der Waals surface area contributed by atoms with E-state index in [4.69, 9.17) is 4.74 Å². The van der Waals surface area contributed by atoms with Crippen LogP contribution in [0.4, 0.5) is 0 Å². The Labute approximate surface area is 186 Å². The highest BCUT2D eigenvalue weighted by molar-refractivity contribution is 6.22. The highest BCUT2D eigenvalue weighted by Gasteiger charge is 2.37. The van der Waals surface area contributed by atoms with Gasteiger partial charge in [-0.1, -0.05) is 60.7 Å². The fourth-order valence-corrected chi connectivity index (χ4v) is 3.93. The molecule has 0 unspecified atom stereocenters. The molecule has 0 atom stereocenters. The molecule has 0 bridgehead atoms. The Morgan fingerprint density at radius 1 is 0.781 bits per heavy atom. The van der Waals surface area contributed by atoms with E-state index in [-0.39, 0.29) is 12.1 Å². The van der Waals surface area contributed by atoms with Crippen LogP contribution in [-0.4, -0.2) is 36.3 Å². The van der Waals surface area contributed by atoms with Crippen LogP contribution < -0.4 is 0 Å². The summed E-state index contributed by atoms with van der Waals surface area (Å²) in [4.78, 5) is 40.1. The lowest BCUT2D eigenvalue weighted by Crippen LogP contribution is -2.34. The Bertz CT molecular complexity index is 1220. The van der Waals surface area contributed by atoms with E-state index in [0.29, 0.717) is 16.7 Å². The molecule has 0 aliphatic carbocycles. The molecular formula is C27H23NO4. The number of rotatable bonds is 5. The predicted octanol–water partition coefficient (Wildman–Crippen LogP) is 4.57. The first kappa shape index (κ1) is 21.2. The van der Waals surface area contributed by atoms with Crippen LogP contribution in [0.1, 0.15) is 43.0 Å². The van der Waals surface area contributed by atoms with Gasteiger partial charge >= 0.3 is 5.97 Å². The Morgan fingerprint density at radius 2 is 1.38 bits per heavy atom. The zero-order valence-corrected chi connectivity index (χ0v) is 18.2. The number of methoxy groups -OCH3 is 1. The highest BCUT2D eigenvalue weighted by Crippen LogP contribution is 2.31. The molecule has 0 N–H and O–H groups in total. The number of benzene rings is 3. The first-order chi connectivity index (χ1) is 15.4. The Morgan fingerprint density at radius 3 is 1.94 bits per heavy atom. The molecule has 0 radical (unpaired) electrons. The Kier molecular flexibility index (Phi) is 5.73. The van der Waals surface area contributed by atoms with Crippen LogP contribution in [0.5, 0.6) is 0 Å². The number of hydrogen-bond acceptors (Lipinski definition) is 4. The maximum Gasteiger partial charge on any atom is 0.336 e. The summed E-state index contributed by atoms with van der Waals surface area (Å²) < 4.78 is 5.10. The minimum atomic E-state index is -0.585. The summed E-state index contributed by atoms with van der Waals surface area (Å²) in [6.45, 7) is 3.84. The lowest BCUT2D eigenvalue weighted by atomic mass is 9.90. The van der Waals surface area contributed by atoms with Crippen LogP contribution in [0.3, 0.4) is 0 Å². The van der Waals surface area contributed by atoms with E-state index < -0.39 is 17.8 Å². The van der Waals surface area contributed by atoms with E-state index in [1.54, 1.807) is 24.3 Å². The van der Waals surface area contributed by atoms with Gasteiger partial charge in [0.1, 0.15) is 0 Å². The van der Waals surface area contributed by atoms with Crippen molar-refractivity contribution in [3.63, 3.8) is 0 Å². The van der Waals surface area contributed by atoms with Gasteiger partial charge in [-0.05, 0) is 48.2 Å². The van der Waals surface area contributed by atoms with Crippen molar-refractivity contribution in [3.8, 4) is 0 Å². The third-order valence-corrected chi connectivity index (χ3v) is 5.79. The lowest BCUT2D eigenvalue weighted by Gasteiger charge is -2.20. The van der Waals surface area contributed by atoms with Crippen molar-refractivity contribution in [2.24, 2.45) is 0 Å². The second-order valence-electron chi connectivity index (χ2n) is 7.75. The average Bonchev–Trinajstić information content (AvgIpc) is 3.06. The smallest absolute Gasteiger partial charge is 0.336 e. The summed E-state index contributed by atoms with van der Waals surface area (Å²) in [6, 6.07) is 22.1. The molecule has 1 heterocycles. The molecule has 1 aliphatic rings. The van der Waals surface area contributed by atoms with E-state index in [9.17, 15) is 14.4 Å². The van der Waals surface area contributed by atoms with E-state index in [1.807, 2.05) is 62.4 Å². The molecule has 5 heteroatoms. The van der Waals surface area contributed by atoms with Crippen LogP contribution >= 0.6 is 0 Å². The van der Waals surface area contributed by atoms with Gasteiger partial charge in [0.2, 0.25) is 0 Å². The number of amides is 2. The zero-order chi connectivity index (χ0) is 22.8. The molecule has 0 saturated heterocycles. The van der Waals surface area contributed by atoms with Crippen molar-refractivity contribution in [2.45, 2.75) is 13.8 Å². The maximum absolute atomic E-state index is 13.0. The van der Waals surface area contributed by atoms with Crippen molar-refractivity contribution >= 4 is 23.4 Å². The Hall–Kier alpha value is -3.99. The molecule has 0 saturated carbocycles. The molecule has 0 aromatic heterocycles. The summed E-state index contributed by atoms with van der Waals surface area (Å²) in [5.74, 6) is -1.42. The second kappa shape index (κ2) is 8.63. The van der Waals surface area contributed by atoms with E-state index >= 15 is 0 Å². The molecule has 3 aromatic rings. The van der Waals surface area contributed by atoms with Crippen LogP contribution in [0.15, 0.2) is 78.4 Å². The third-order valence-electron chi connectivity index (χ3n) is 5.79. The molecule has 3 aromatic carbocycles. The SMILES string of the molecule is COC(=O)/C(CN1C(=O)c2ccccc2C1=O)=C(\c1ccccc1)c1ccc(C)c(C)c1. The summed E-state index contributed by atoms with van der Waals surface area (Å²) in [6.07, 6.45) is 0. The van der Waals surface area contributed by atoms with Gasteiger partial charge in [0, 0.05) is 5.57 Å². The summed E-state index contributed by atoms with van der Waals surface area (Å²) >= 11 is 0. The standard InChI is InChI=1S/C27H23NO4/c1-17-13-14-20(15-18(17)2)24(19-9-5-4-6-10-19)23(27(31)32-3)16-28-25(29)21-11-7-8-12-22(21)26(28)30/h4-15H,16H2,1-3H3/b24-23+. The molecule has 0 spiro atoms. The maximum atomic E-state index is 13.0. The van der Waals surface area contributed by atoms with Crippen molar-refractivity contribution in [1.82, 2.24) is 4.90 Å². The van der Waals surface area contributed by atoms with Crippen LogP contribution in [0.2, 0.25) is 0 Å². The number of nitrogens with zero attached hydrogens (tertiary/aromatic N) is 1. The van der Waals surface area contributed by atoms with Crippen molar-refractivity contribution < 1.29 is 19.1 Å². The molecule has 32 heavy (non-hydrogen) atoms. The topological polar surface area (TPSA) is 63.7 Å². The number of carbonyl (C=O) groups excluding carboxylic acids is 3. The van der Waals surface area contributed by atoms with Crippen LogP contribution in [0.25, 0.3) is 5.57 Å². The zero-order valence-electron chi connectivity index (χ0n) is 18.2. The minimum absolute atomic E-state index is 0.184. The minimum Gasteiger partial charge on any atom is -0.466 e. The molecule has 160 valence electrons. The van der Waals surface area contributed by atoms with Gasteiger partial charge in [-0.25, -0.2) is 4.79 Å². The first-order valence-electron chi connectivity index (χ1n) is 10.3. The van der Waals surface area contributed by atoms with E-state index in [1.165, 1.54) is 7.11 Å². The quantitative estimate of drug-likeness (QED) is 0.341. The number of fused-ring (bicyclic) bond motifs is 1. The van der Waals surface area contributed by atoms with Gasteiger partial charge in [-0.15, -0.1) is 0 Å². The van der Waals surface area contributed by atoms with Crippen molar-refractivity contribution in [1.29, 1.82) is 0 Å². The molecular weight excluding hydrogens is 402 g/mol. The van der Waals surface area contributed by atoms with Gasteiger partial charge < -0.3 is 4.74 Å². The summed E-state index contributed by atoms with van der Waals surface area (Å²) in [5, 5.41) is 0. The largest absolute Gasteiger partial charge is 0.466 e. The number of hydrogen-bond donors (Lipinski definition) is 0. The molecule has 4 rings (SSSR count). The fraction of sp³-hybridized carbons (Fsp3) is 0.148.